The standard InChI is InChI=1S/C20H27N3O3S/c1-15(2)9-10-23(12-18(24)22-20-21-11-16(3)27-20)19(25)14-26-13-17-7-5-4-6-8-17/h4-8,11,15H,9-10,12-14H2,1-3H3,(H,21,22,24). The topological polar surface area (TPSA) is 71.5 Å². The van der Waals surface area contributed by atoms with Gasteiger partial charge >= 0.3 is 0 Å². The average Bonchev–Trinajstić information content (AvgIpc) is 3.03. The lowest BCUT2D eigenvalue weighted by Crippen LogP contribution is -2.41. The third-order valence-corrected chi connectivity index (χ3v) is 4.70. The minimum atomic E-state index is -0.246. The number of benzene rings is 1. The smallest absolute Gasteiger partial charge is 0.249 e. The summed E-state index contributed by atoms with van der Waals surface area (Å²) in [6, 6.07) is 9.69. The first-order valence-electron chi connectivity index (χ1n) is 9.05. The fourth-order valence-corrected chi connectivity index (χ4v) is 3.05. The van der Waals surface area contributed by atoms with Crippen LogP contribution < -0.4 is 5.32 Å². The summed E-state index contributed by atoms with van der Waals surface area (Å²) in [4.78, 5) is 31.5. The molecule has 0 saturated heterocycles. The van der Waals surface area contributed by atoms with E-state index in [1.54, 1.807) is 11.1 Å². The number of nitrogens with one attached hydrogen (secondary N) is 1. The molecule has 0 spiro atoms. The number of hydrogen-bond acceptors (Lipinski definition) is 5. The van der Waals surface area contributed by atoms with Gasteiger partial charge in [0.25, 0.3) is 0 Å². The molecule has 0 aliphatic carbocycles. The van der Waals surface area contributed by atoms with Crippen LogP contribution in [0.15, 0.2) is 36.5 Å². The van der Waals surface area contributed by atoms with Crippen LogP contribution in [0.3, 0.4) is 0 Å². The lowest BCUT2D eigenvalue weighted by Gasteiger charge is -2.23. The summed E-state index contributed by atoms with van der Waals surface area (Å²) in [6.45, 7) is 6.95. The van der Waals surface area contributed by atoms with Crippen LogP contribution in [0.5, 0.6) is 0 Å². The number of carbonyl (C=O) groups excluding carboxylic acids is 2. The molecule has 2 aromatic rings. The van der Waals surface area contributed by atoms with Crippen LogP contribution >= 0.6 is 11.3 Å². The van der Waals surface area contributed by atoms with Gasteiger partial charge in [0.2, 0.25) is 11.8 Å². The number of rotatable bonds is 10. The summed E-state index contributed by atoms with van der Waals surface area (Å²) in [5.74, 6) is 0.0109. The number of ether oxygens (including phenoxy) is 1. The Morgan fingerprint density at radius 1 is 1.26 bits per heavy atom. The van der Waals surface area contributed by atoms with Crippen molar-refractivity contribution in [2.75, 3.05) is 25.0 Å². The highest BCUT2D eigenvalue weighted by Gasteiger charge is 2.18. The lowest BCUT2D eigenvalue weighted by atomic mass is 10.1. The number of amides is 2. The van der Waals surface area contributed by atoms with Gasteiger partial charge in [-0.3, -0.25) is 9.59 Å². The van der Waals surface area contributed by atoms with E-state index < -0.39 is 0 Å². The van der Waals surface area contributed by atoms with Crippen LogP contribution in [0.4, 0.5) is 5.13 Å². The van der Waals surface area contributed by atoms with Crippen molar-refractivity contribution in [1.82, 2.24) is 9.88 Å². The molecule has 0 radical (unpaired) electrons. The second kappa shape index (κ2) is 10.8. The molecule has 1 aromatic carbocycles. The normalized spacial score (nSPS) is 10.8. The molecule has 0 aliphatic heterocycles. The molecular formula is C20H27N3O3S. The zero-order chi connectivity index (χ0) is 19.6. The first-order valence-corrected chi connectivity index (χ1v) is 9.87. The molecule has 27 heavy (non-hydrogen) atoms. The lowest BCUT2D eigenvalue weighted by molar-refractivity contribution is -0.139. The summed E-state index contributed by atoms with van der Waals surface area (Å²) in [5.41, 5.74) is 1.01. The van der Waals surface area contributed by atoms with E-state index in [1.165, 1.54) is 11.3 Å². The van der Waals surface area contributed by atoms with Crippen molar-refractivity contribution < 1.29 is 14.3 Å². The van der Waals surface area contributed by atoms with Crippen molar-refractivity contribution in [2.45, 2.75) is 33.8 Å². The SMILES string of the molecule is Cc1cnc(NC(=O)CN(CCC(C)C)C(=O)COCc2ccccc2)s1. The average molecular weight is 390 g/mol. The van der Waals surface area contributed by atoms with E-state index in [-0.39, 0.29) is 25.0 Å². The highest BCUT2D eigenvalue weighted by Crippen LogP contribution is 2.16. The van der Waals surface area contributed by atoms with E-state index >= 15 is 0 Å². The Balaban J connectivity index is 1.87. The van der Waals surface area contributed by atoms with Gasteiger partial charge in [-0.05, 0) is 24.8 Å². The number of hydrogen-bond donors (Lipinski definition) is 1. The minimum absolute atomic E-state index is 0.00111. The molecule has 1 heterocycles. The predicted molar refractivity (Wildman–Crippen MR) is 108 cm³/mol. The van der Waals surface area contributed by atoms with Crippen LogP contribution in [0, 0.1) is 12.8 Å². The highest BCUT2D eigenvalue weighted by atomic mass is 32.1. The van der Waals surface area contributed by atoms with Gasteiger partial charge in [0.15, 0.2) is 5.13 Å². The predicted octanol–water partition coefficient (Wildman–Crippen LogP) is 3.48. The van der Waals surface area contributed by atoms with E-state index in [0.29, 0.717) is 24.2 Å². The van der Waals surface area contributed by atoms with Crippen LogP contribution in [-0.4, -0.2) is 41.4 Å². The Kier molecular flexibility index (Phi) is 8.42. The Bertz CT molecular complexity index is 731. The van der Waals surface area contributed by atoms with Gasteiger partial charge in [0.05, 0.1) is 13.2 Å². The zero-order valence-corrected chi connectivity index (χ0v) is 16.9. The van der Waals surface area contributed by atoms with Crippen LogP contribution in [0.2, 0.25) is 0 Å². The van der Waals surface area contributed by atoms with Crippen molar-refractivity contribution in [3.8, 4) is 0 Å². The van der Waals surface area contributed by atoms with Crippen molar-refractivity contribution in [1.29, 1.82) is 0 Å². The molecule has 0 unspecified atom stereocenters. The second-order valence-electron chi connectivity index (χ2n) is 6.80. The number of thiazole rings is 1. The summed E-state index contributed by atoms with van der Waals surface area (Å²) in [5, 5.41) is 3.30. The summed E-state index contributed by atoms with van der Waals surface area (Å²) < 4.78 is 5.54. The van der Waals surface area contributed by atoms with Crippen LogP contribution in [0.25, 0.3) is 0 Å². The third kappa shape index (κ3) is 7.88. The van der Waals surface area contributed by atoms with E-state index in [9.17, 15) is 9.59 Å². The maximum atomic E-state index is 12.5. The highest BCUT2D eigenvalue weighted by molar-refractivity contribution is 7.15. The largest absolute Gasteiger partial charge is 0.367 e. The summed E-state index contributed by atoms with van der Waals surface area (Å²) >= 11 is 1.41. The van der Waals surface area contributed by atoms with Crippen molar-refractivity contribution >= 4 is 28.3 Å². The summed E-state index contributed by atoms with van der Waals surface area (Å²) in [7, 11) is 0. The molecule has 1 aromatic heterocycles. The van der Waals surface area contributed by atoms with Gasteiger partial charge in [-0.25, -0.2) is 4.98 Å². The Hall–Kier alpha value is -2.25. The molecule has 0 bridgehead atoms. The van der Waals surface area contributed by atoms with Gasteiger partial charge in [-0.15, -0.1) is 11.3 Å². The Labute approximate surface area is 164 Å². The third-order valence-electron chi connectivity index (χ3n) is 3.87. The minimum Gasteiger partial charge on any atom is -0.367 e. The number of nitrogens with zero attached hydrogens (tertiary/aromatic N) is 2. The fraction of sp³-hybridized carbons (Fsp3) is 0.450. The Morgan fingerprint density at radius 3 is 2.63 bits per heavy atom. The van der Waals surface area contributed by atoms with Crippen LogP contribution in [-0.2, 0) is 20.9 Å². The number of aryl methyl sites for hydroxylation is 1. The van der Waals surface area contributed by atoms with Gasteiger partial charge in [0.1, 0.15) is 6.61 Å². The Morgan fingerprint density at radius 2 is 2.00 bits per heavy atom. The van der Waals surface area contributed by atoms with Crippen molar-refractivity contribution in [3.63, 3.8) is 0 Å². The van der Waals surface area contributed by atoms with E-state index in [2.05, 4.69) is 24.1 Å². The van der Waals surface area contributed by atoms with Gasteiger partial charge in [-0.1, -0.05) is 44.2 Å². The fourth-order valence-electron chi connectivity index (χ4n) is 2.37. The molecule has 7 heteroatoms. The van der Waals surface area contributed by atoms with Gasteiger partial charge in [0, 0.05) is 17.6 Å². The molecule has 2 rings (SSSR count). The zero-order valence-electron chi connectivity index (χ0n) is 16.1. The number of aromatic nitrogens is 1. The maximum Gasteiger partial charge on any atom is 0.249 e. The second-order valence-corrected chi connectivity index (χ2v) is 8.04. The molecule has 6 nitrogen and oxygen atoms in total. The first-order chi connectivity index (χ1) is 12.9. The van der Waals surface area contributed by atoms with E-state index in [0.717, 1.165) is 16.9 Å². The number of carbonyl (C=O) groups is 2. The van der Waals surface area contributed by atoms with E-state index in [4.69, 9.17) is 4.74 Å². The molecule has 146 valence electrons. The molecule has 0 saturated carbocycles. The van der Waals surface area contributed by atoms with Crippen molar-refractivity contribution in [2.24, 2.45) is 5.92 Å². The number of anilines is 1. The molecule has 0 fully saturated rings. The summed E-state index contributed by atoms with van der Waals surface area (Å²) in [6.07, 6.45) is 2.54. The molecule has 0 atom stereocenters. The van der Waals surface area contributed by atoms with Gasteiger partial charge < -0.3 is 15.0 Å². The molecule has 0 aliphatic rings. The first kappa shape index (κ1) is 21.1. The van der Waals surface area contributed by atoms with Gasteiger partial charge in [-0.2, -0.15) is 0 Å². The quantitative estimate of drug-likeness (QED) is 0.675. The monoisotopic (exact) mass is 389 g/mol. The maximum absolute atomic E-state index is 12.5. The van der Waals surface area contributed by atoms with Crippen LogP contribution in [0.1, 0.15) is 30.7 Å². The molecule has 2 amide bonds. The van der Waals surface area contributed by atoms with E-state index in [1.807, 2.05) is 37.3 Å². The van der Waals surface area contributed by atoms with Crippen molar-refractivity contribution in [3.05, 3.63) is 47.0 Å². The molecule has 1 N–H and O–H groups in total. The molecular weight excluding hydrogens is 362 g/mol.